The van der Waals surface area contributed by atoms with Crippen molar-refractivity contribution in [1.82, 2.24) is 10.1 Å². The number of aromatic nitrogens is 2. The van der Waals surface area contributed by atoms with Gasteiger partial charge in [0, 0.05) is 10.9 Å². The van der Waals surface area contributed by atoms with E-state index in [-0.39, 0.29) is 6.61 Å². The van der Waals surface area contributed by atoms with E-state index in [1.165, 1.54) is 0 Å². The second-order valence-corrected chi connectivity index (χ2v) is 4.46. The quantitative estimate of drug-likeness (QED) is 0.794. The third-order valence-corrected chi connectivity index (χ3v) is 2.77. The zero-order chi connectivity index (χ0) is 13.0. The minimum atomic E-state index is 0.148. The van der Waals surface area contributed by atoms with Gasteiger partial charge in [-0.05, 0) is 18.2 Å². The minimum Gasteiger partial charge on any atom is -0.483 e. The molecule has 1 aromatic heterocycles. The van der Waals surface area contributed by atoms with Crippen LogP contribution in [-0.2, 0) is 13.0 Å². The molecule has 0 aliphatic heterocycles. The fourth-order valence-electron chi connectivity index (χ4n) is 1.37. The SMILES string of the molecule is CCc1noc(COc2ccc(Br)cc2C=O)n1. The Bertz CT molecular complexity index is 554. The lowest BCUT2D eigenvalue weighted by Crippen LogP contribution is -1.99. The molecule has 1 aromatic carbocycles. The smallest absolute Gasteiger partial charge is 0.264 e. The van der Waals surface area contributed by atoms with Crippen molar-refractivity contribution in [3.63, 3.8) is 0 Å². The molecule has 0 saturated heterocycles. The van der Waals surface area contributed by atoms with Crippen molar-refractivity contribution < 1.29 is 14.1 Å². The van der Waals surface area contributed by atoms with Gasteiger partial charge in [0.15, 0.2) is 18.7 Å². The summed E-state index contributed by atoms with van der Waals surface area (Å²) in [5, 5.41) is 3.76. The van der Waals surface area contributed by atoms with Gasteiger partial charge in [-0.3, -0.25) is 4.79 Å². The fourth-order valence-corrected chi connectivity index (χ4v) is 1.75. The molecule has 2 aromatic rings. The first kappa shape index (κ1) is 12.8. The maximum absolute atomic E-state index is 10.9. The molecule has 0 aliphatic rings. The lowest BCUT2D eigenvalue weighted by atomic mass is 10.2. The van der Waals surface area contributed by atoms with Crippen molar-refractivity contribution >= 4 is 22.2 Å². The molecule has 0 unspecified atom stereocenters. The van der Waals surface area contributed by atoms with Crippen molar-refractivity contribution in [2.24, 2.45) is 0 Å². The summed E-state index contributed by atoms with van der Waals surface area (Å²) >= 11 is 3.29. The predicted molar refractivity (Wildman–Crippen MR) is 67.5 cm³/mol. The summed E-state index contributed by atoms with van der Waals surface area (Å²) in [6.45, 7) is 2.09. The van der Waals surface area contributed by atoms with E-state index in [4.69, 9.17) is 9.26 Å². The van der Waals surface area contributed by atoms with Gasteiger partial charge in [-0.25, -0.2) is 0 Å². The average molecular weight is 311 g/mol. The number of benzene rings is 1. The molecular weight excluding hydrogens is 300 g/mol. The second kappa shape index (κ2) is 5.77. The number of carbonyl (C=O) groups excluding carboxylic acids is 1. The van der Waals surface area contributed by atoms with Crippen LogP contribution in [0.25, 0.3) is 0 Å². The summed E-state index contributed by atoms with van der Waals surface area (Å²) in [5.41, 5.74) is 0.472. The molecule has 6 heteroatoms. The summed E-state index contributed by atoms with van der Waals surface area (Å²) < 4.78 is 11.3. The van der Waals surface area contributed by atoms with Gasteiger partial charge in [-0.2, -0.15) is 4.98 Å². The third kappa shape index (κ3) is 2.95. The van der Waals surface area contributed by atoms with Crippen LogP contribution in [0.2, 0.25) is 0 Å². The first-order chi connectivity index (χ1) is 8.72. The van der Waals surface area contributed by atoms with Crippen molar-refractivity contribution in [2.75, 3.05) is 0 Å². The molecule has 0 amide bonds. The van der Waals surface area contributed by atoms with Gasteiger partial charge in [-0.15, -0.1) is 0 Å². The Labute approximate surface area is 112 Å². The molecule has 18 heavy (non-hydrogen) atoms. The average Bonchev–Trinajstić information content (AvgIpc) is 2.85. The van der Waals surface area contributed by atoms with Gasteiger partial charge in [-0.1, -0.05) is 28.0 Å². The molecule has 0 spiro atoms. The number of carbonyl (C=O) groups is 1. The summed E-state index contributed by atoms with van der Waals surface area (Å²) in [7, 11) is 0. The van der Waals surface area contributed by atoms with E-state index in [9.17, 15) is 4.79 Å². The molecule has 0 N–H and O–H groups in total. The number of aldehydes is 1. The molecule has 2 rings (SSSR count). The molecule has 5 nitrogen and oxygen atoms in total. The molecule has 0 radical (unpaired) electrons. The van der Waals surface area contributed by atoms with Crippen LogP contribution < -0.4 is 4.74 Å². The van der Waals surface area contributed by atoms with Crippen LogP contribution in [0, 0.1) is 0 Å². The molecule has 0 aliphatic carbocycles. The monoisotopic (exact) mass is 310 g/mol. The number of hydrogen-bond acceptors (Lipinski definition) is 5. The molecule has 0 bridgehead atoms. The van der Waals surface area contributed by atoms with Crippen molar-refractivity contribution in [3.05, 3.63) is 40.0 Å². The lowest BCUT2D eigenvalue weighted by molar-refractivity contribution is 0.111. The fraction of sp³-hybridized carbons (Fsp3) is 0.250. The molecule has 1 heterocycles. The number of ether oxygens (including phenoxy) is 1. The van der Waals surface area contributed by atoms with Gasteiger partial charge in [0.1, 0.15) is 5.75 Å². The molecular formula is C12H11BrN2O3. The highest BCUT2D eigenvalue weighted by molar-refractivity contribution is 9.10. The largest absolute Gasteiger partial charge is 0.483 e. The number of aryl methyl sites for hydroxylation is 1. The summed E-state index contributed by atoms with van der Waals surface area (Å²) in [4.78, 5) is 15.0. The Morgan fingerprint density at radius 2 is 2.33 bits per heavy atom. The topological polar surface area (TPSA) is 65.2 Å². The Morgan fingerprint density at radius 1 is 1.50 bits per heavy atom. The zero-order valence-electron chi connectivity index (χ0n) is 9.72. The second-order valence-electron chi connectivity index (χ2n) is 3.55. The van der Waals surface area contributed by atoms with E-state index in [0.29, 0.717) is 29.4 Å². The summed E-state index contributed by atoms with van der Waals surface area (Å²) in [6, 6.07) is 5.20. The van der Waals surface area contributed by atoms with Gasteiger partial charge in [0.05, 0.1) is 5.56 Å². The predicted octanol–water partition coefficient (Wildman–Crippen LogP) is 2.79. The third-order valence-electron chi connectivity index (χ3n) is 2.28. The Kier molecular flexibility index (Phi) is 4.09. The van der Waals surface area contributed by atoms with Crippen LogP contribution in [0.4, 0.5) is 0 Å². The van der Waals surface area contributed by atoms with E-state index in [2.05, 4.69) is 26.1 Å². The standard InChI is InChI=1S/C12H11BrN2O3/c1-2-11-14-12(18-15-11)7-17-10-4-3-9(13)5-8(10)6-16/h3-6H,2,7H2,1H3. The van der Waals surface area contributed by atoms with Gasteiger partial charge in [0.2, 0.25) is 0 Å². The van der Waals surface area contributed by atoms with Gasteiger partial charge >= 0.3 is 0 Å². The molecule has 94 valence electrons. The van der Waals surface area contributed by atoms with E-state index < -0.39 is 0 Å². The minimum absolute atomic E-state index is 0.148. The Morgan fingerprint density at radius 3 is 3.00 bits per heavy atom. The maximum Gasteiger partial charge on any atom is 0.264 e. The molecule has 0 atom stereocenters. The Balaban J connectivity index is 2.07. The van der Waals surface area contributed by atoms with Crippen LogP contribution in [0.3, 0.4) is 0 Å². The van der Waals surface area contributed by atoms with E-state index >= 15 is 0 Å². The first-order valence-electron chi connectivity index (χ1n) is 5.42. The normalized spacial score (nSPS) is 10.3. The first-order valence-corrected chi connectivity index (χ1v) is 6.21. The van der Waals surface area contributed by atoms with Gasteiger partial charge < -0.3 is 9.26 Å². The van der Waals surface area contributed by atoms with Crippen LogP contribution in [-0.4, -0.2) is 16.4 Å². The number of nitrogens with zero attached hydrogens (tertiary/aromatic N) is 2. The van der Waals surface area contributed by atoms with E-state index in [0.717, 1.165) is 10.8 Å². The van der Waals surface area contributed by atoms with Crippen LogP contribution in [0.1, 0.15) is 29.0 Å². The van der Waals surface area contributed by atoms with E-state index in [1.807, 2.05) is 6.92 Å². The van der Waals surface area contributed by atoms with Crippen molar-refractivity contribution in [2.45, 2.75) is 20.0 Å². The van der Waals surface area contributed by atoms with Crippen molar-refractivity contribution in [3.8, 4) is 5.75 Å². The summed E-state index contributed by atoms with van der Waals surface area (Å²) in [5.74, 6) is 1.52. The summed E-state index contributed by atoms with van der Waals surface area (Å²) in [6.07, 6.45) is 1.45. The number of halogens is 1. The van der Waals surface area contributed by atoms with E-state index in [1.54, 1.807) is 18.2 Å². The highest BCUT2D eigenvalue weighted by atomic mass is 79.9. The van der Waals surface area contributed by atoms with Crippen LogP contribution >= 0.6 is 15.9 Å². The van der Waals surface area contributed by atoms with Gasteiger partial charge in [0.25, 0.3) is 5.89 Å². The van der Waals surface area contributed by atoms with Crippen LogP contribution in [0.5, 0.6) is 5.75 Å². The lowest BCUT2D eigenvalue weighted by Gasteiger charge is -2.05. The number of hydrogen-bond donors (Lipinski definition) is 0. The number of rotatable bonds is 5. The zero-order valence-corrected chi connectivity index (χ0v) is 11.3. The Hall–Kier alpha value is -1.69. The highest BCUT2D eigenvalue weighted by Crippen LogP contribution is 2.22. The maximum atomic E-state index is 10.9. The molecule has 0 fully saturated rings. The van der Waals surface area contributed by atoms with Crippen LogP contribution in [0.15, 0.2) is 27.2 Å². The highest BCUT2D eigenvalue weighted by Gasteiger charge is 2.08. The van der Waals surface area contributed by atoms with Crippen molar-refractivity contribution in [1.29, 1.82) is 0 Å². The molecule has 0 saturated carbocycles.